The quantitative estimate of drug-likeness (QED) is 0.814. The highest BCUT2D eigenvalue weighted by Gasteiger charge is 2.38. The first-order chi connectivity index (χ1) is 14.2. The SMILES string of the molecule is O=C1CO[C@H]2CCN(C(=O)N3CCC(Cc4nc5ccncc5o4)CC3)C[C@H]2N1. The molecule has 0 bridgehead atoms. The van der Waals surface area contributed by atoms with Crippen LogP contribution in [0.2, 0.25) is 0 Å². The zero-order chi connectivity index (χ0) is 19.8. The molecule has 3 amide bonds. The van der Waals surface area contributed by atoms with E-state index < -0.39 is 0 Å². The molecule has 5 heterocycles. The number of ether oxygens (including phenoxy) is 1. The Bertz CT molecular complexity index is 874. The second kappa shape index (κ2) is 7.62. The first-order valence-electron chi connectivity index (χ1n) is 10.3. The van der Waals surface area contributed by atoms with Gasteiger partial charge in [-0.05, 0) is 31.2 Å². The van der Waals surface area contributed by atoms with E-state index in [-0.39, 0.29) is 30.7 Å². The lowest BCUT2D eigenvalue weighted by molar-refractivity contribution is -0.139. The van der Waals surface area contributed by atoms with Gasteiger partial charge in [-0.25, -0.2) is 9.78 Å². The van der Waals surface area contributed by atoms with Gasteiger partial charge >= 0.3 is 6.03 Å². The molecule has 29 heavy (non-hydrogen) atoms. The zero-order valence-electron chi connectivity index (χ0n) is 16.2. The summed E-state index contributed by atoms with van der Waals surface area (Å²) in [4.78, 5) is 36.9. The molecule has 3 aliphatic heterocycles. The van der Waals surface area contributed by atoms with Crippen LogP contribution >= 0.6 is 0 Å². The fourth-order valence-corrected chi connectivity index (χ4v) is 4.56. The molecule has 0 spiro atoms. The Morgan fingerprint density at radius 2 is 2.03 bits per heavy atom. The van der Waals surface area contributed by atoms with Gasteiger partial charge in [-0.1, -0.05) is 0 Å². The lowest BCUT2D eigenvalue weighted by Gasteiger charge is -2.43. The molecule has 0 radical (unpaired) electrons. The third-order valence-corrected chi connectivity index (χ3v) is 6.18. The second-order valence-corrected chi connectivity index (χ2v) is 8.13. The van der Waals surface area contributed by atoms with E-state index in [1.165, 1.54) is 0 Å². The van der Waals surface area contributed by atoms with Crippen LogP contribution < -0.4 is 5.32 Å². The van der Waals surface area contributed by atoms with E-state index in [0.717, 1.165) is 55.8 Å². The molecule has 3 aliphatic rings. The van der Waals surface area contributed by atoms with Crippen molar-refractivity contribution in [3.05, 3.63) is 24.4 Å². The molecule has 1 N–H and O–H groups in total. The van der Waals surface area contributed by atoms with Crippen molar-refractivity contribution in [3.63, 3.8) is 0 Å². The predicted molar refractivity (Wildman–Crippen MR) is 103 cm³/mol. The van der Waals surface area contributed by atoms with Crippen molar-refractivity contribution in [2.24, 2.45) is 5.92 Å². The van der Waals surface area contributed by atoms with Gasteiger partial charge < -0.3 is 24.3 Å². The maximum absolute atomic E-state index is 13.0. The highest BCUT2D eigenvalue weighted by atomic mass is 16.5. The summed E-state index contributed by atoms with van der Waals surface area (Å²) in [5.74, 6) is 1.10. The van der Waals surface area contributed by atoms with Crippen LogP contribution in [0.4, 0.5) is 4.79 Å². The third-order valence-electron chi connectivity index (χ3n) is 6.18. The van der Waals surface area contributed by atoms with Crippen LogP contribution in [0.3, 0.4) is 0 Å². The number of urea groups is 1. The number of oxazole rings is 1. The summed E-state index contributed by atoms with van der Waals surface area (Å²) in [6.45, 7) is 2.79. The predicted octanol–water partition coefficient (Wildman–Crippen LogP) is 1.19. The van der Waals surface area contributed by atoms with E-state index in [0.29, 0.717) is 19.0 Å². The number of hydrogen-bond acceptors (Lipinski definition) is 6. The number of fused-ring (bicyclic) bond motifs is 2. The average Bonchev–Trinajstić information content (AvgIpc) is 3.15. The van der Waals surface area contributed by atoms with E-state index in [1.807, 2.05) is 15.9 Å². The number of nitrogens with one attached hydrogen (secondary N) is 1. The number of piperidine rings is 2. The van der Waals surface area contributed by atoms with Gasteiger partial charge in [-0.15, -0.1) is 0 Å². The minimum atomic E-state index is -0.101. The summed E-state index contributed by atoms with van der Waals surface area (Å²) in [7, 11) is 0. The highest BCUT2D eigenvalue weighted by molar-refractivity contribution is 5.79. The summed E-state index contributed by atoms with van der Waals surface area (Å²) < 4.78 is 11.4. The number of hydrogen-bond donors (Lipinski definition) is 1. The van der Waals surface area contributed by atoms with Gasteiger partial charge in [0, 0.05) is 38.8 Å². The second-order valence-electron chi connectivity index (χ2n) is 8.13. The van der Waals surface area contributed by atoms with Crippen LogP contribution in [0.5, 0.6) is 0 Å². The number of aromatic nitrogens is 2. The molecule has 2 aromatic rings. The molecule has 9 heteroatoms. The number of rotatable bonds is 2. The van der Waals surface area contributed by atoms with E-state index in [4.69, 9.17) is 9.15 Å². The smallest absolute Gasteiger partial charge is 0.320 e. The maximum atomic E-state index is 13.0. The van der Waals surface area contributed by atoms with Gasteiger partial charge in [-0.2, -0.15) is 0 Å². The average molecular weight is 399 g/mol. The van der Waals surface area contributed by atoms with Crippen molar-refractivity contribution >= 4 is 23.0 Å². The molecule has 0 aliphatic carbocycles. The van der Waals surface area contributed by atoms with Gasteiger partial charge in [0.2, 0.25) is 5.91 Å². The molecule has 3 fully saturated rings. The van der Waals surface area contributed by atoms with Gasteiger partial charge in [0.1, 0.15) is 12.1 Å². The van der Waals surface area contributed by atoms with Crippen LogP contribution in [0.1, 0.15) is 25.2 Å². The Balaban J connectivity index is 1.14. The zero-order valence-corrected chi connectivity index (χ0v) is 16.2. The van der Waals surface area contributed by atoms with E-state index >= 15 is 0 Å². The number of morpholine rings is 1. The summed E-state index contributed by atoms with van der Waals surface area (Å²) in [6, 6.07) is 1.82. The number of likely N-dealkylation sites (tertiary alicyclic amines) is 2. The van der Waals surface area contributed by atoms with Crippen molar-refractivity contribution in [3.8, 4) is 0 Å². The number of nitrogens with zero attached hydrogens (tertiary/aromatic N) is 4. The first kappa shape index (κ1) is 18.4. The lowest BCUT2D eigenvalue weighted by Crippen LogP contribution is -2.62. The molecule has 0 unspecified atom stereocenters. The van der Waals surface area contributed by atoms with Gasteiger partial charge in [-0.3, -0.25) is 9.78 Å². The van der Waals surface area contributed by atoms with Crippen LogP contribution in [0.25, 0.3) is 11.1 Å². The molecule has 9 nitrogen and oxygen atoms in total. The Kier molecular flexibility index (Phi) is 4.83. The Hall–Kier alpha value is -2.68. The van der Waals surface area contributed by atoms with Crippen molar-refractivity contribution in [2.45, 2.75) is 37.8 Å². The molecule has 3 saturated heterocycles. The standard InChI is InChI=1S/C20H25N5O4/c26-18-12-28-16-4-8-25(11-15(16)22-18)20(27)24-6-2-13(3-7-24)9-19-23-14-1-5-21-10-17(14)29-19/h1,5,10,13,15-16H,2-4,6-9,11-12H2,(H,22,26)/t15-,16+/m1/s1. The molecule has 2 atom stereocenters. The molecule has 0 aromatic carbocycles. The minimum Gasteiger partial charge on any atom is -0.439 e. The fraction of sp³-hybridized carbons (Fsp3) is 0.600. The summed E-state index contributed by atoms with van der Waals surface area (Å²) >= 11 is 0. The van der Waals surface area contributed by atoms with E-state index in [9.17, 15) is 9.59 Å². The number of carbonyl (C=O) groups is 2. The van der Waals surface area contributed by atoms with Gasteiger partial charge in [0.25, 0.3) is 0 Å². The van der Waals surface area contributed by atoms with Crippen LogP contribution in [-0.4, -0.2) is 76.6 Å². The monoisotopic (exact) mass is 399 g/mol. The third kappa shape index (κ3) is 3.78. The minimum absolute atomic E-state index is 0.0222. The number of amides is 3. The van der Waals surface area contributed by atoms with E-state index in [1.54, 1.807) is 12.4 Å². The van der Waals surface area contributed by atoms with Crippen molar-refractivity contribution < 1.29 is 18.7 Å². The van der Waals surface area contributed by atoms with Crippen LogP contribution in [0.15, 0.2) is 22.9 Å². The normalized spacial score (nSPS) is 25.7. The molecule has 5 rings (SSSR count). The van der Waals surface area contributed by atoms with Crippen molar-refractivity contribution in [2.75, 3.05) is 32.8 Å². The summed E-state index contributed by atoms with van der Waals surface area (Å²) in [5.41, 5.74) is 1.56. The lowest BCUT2D eigenvalue weighted by atomic mass is 9.93. The van der Waals surface area contributed by atoms with Crippen molar-refractivity contribution in [1.82, 2.24) is 25.1 Å². The molecule has 0 saturated carbocycles. The van der Waals surface area contributed by atoms with Gasteiger partial charge in [0.05, 0.1) is 18.3 Å². The topological polar surface area (TPSA) is 101 Å². The Morgan fingerprint density at radius 1 is 1.21 bits per heavy atom. The Labute approximate surface area is 168 Å². The van der Waals surface area contributed by atoms with Gasteiger partial charge in [0.15, 0.2) is 11.5 Å². The van der Waals surface area contributed by atoms with Crippen molar-refractivity contribution in [1.29, 1.82) is 0 Å². The summed E-state index contributed by atoms with van der Waals surface area (Å²) in [5, 5.41) is 2.95. The number of pyridine rings is 1. The molecule has 2 aromatic heterocycles. The molecular formula is C20H25N5O4. The van der Waals surface area contributed by atoms with E-state index in [2.05, 4.69) is 15.3 Å². The Morgan fingerprint density at radius 3 is 2.86 bits per heavy atom. The van der Waals surface area contributed by atoms with Crippen LogP contribution in [-0.2, 0) is 16.0 Å². The fourth-order valence-electron chi connectivity index (χ4n) is 4.56. The molecule has 154 valence electrons. The maximum Gasteiger partial charge on any atom is 0.320 e. The highest BCUT2D eigenvalue weighted by Crippen LogP contribution is 2.25. The largest absolute Gasteiger partial charge is 0.439 e. The molecular weight excluding hydrogens is 374 g/mol. The number of carbonyl (C=O) groups excluding carboxylic acids is 2. The summed E-state index contributed by atoms with van der Waals surface area (Å²) in [6.07, 6.45) is 6.84. The van der Waals surface area contributed by atoms with Crippen LogP contribution in [0, 0.1) is 5.92 Å². The first-order valence-corrected chi connectivity index (χ1v) is 10.3.